The zero-order valence-electron chi connectivity index (χ0n) is 12.2. The average molecular weight is 399 g/mol. The van der Waals surface area contributed by atoms with Crippen molar-refractivity contribution in [1.82, 2.24) is 14.9 Å². The summed E-state index contributed by atoms with van der Waals surface area (Å²) in [6.45, 7) is 4.83. The summed E-state index contributed by atoms with van der Waals surface area (Å²) >= 11 is 0. The van der Waals surface area contributed by atoms with E-state index in [2.05, 4.69) is 32.9 Å². The summed E-state index contributed by atoms with van der Waals surface area (Å²) in [4.78, 5) is 14.3. The van der Waals surface area contributed by atoms with Crippen molar-refractivity contribution < 1.29 is 0 Å². The van der Waals surface area contributed by atoms with Gasteiger partial charge in [-0.3, -0.25) is 0 Å². The van der Waals surface area contributed by atoms with E-state index in [0.29, 0.717) is 18.4 Å². The van der Waals surface area contributed by atoms with Crippen molar-refractivity contribution in [2.24, 2.45) is 16.6 Å². The van der Waals surface area contributed by atoms with Crippen LogP contribution in [-0.4, -0.2) is 33.9 Å². The van der Waals surface area contributed by atoms with Crippen molar-refractivity contribution in [3.63, 3.8) is 0 Å². The number of aromatic nitrogens is 2. The van der Waals surface area contributed by atoms with Gasteiger partial charge in [-0.1, -0.05) is 6.92 Å². The largest absolute Gasteiger partial charge is 0.370 e. The Bertz CT molecular complexity index is 621. The van der Waals surface area contributed by atoms with Gasteiger partial charge in [-0.25, -0.2) is 9.98 Å². The Morgan fingerprint density at radius 3 is 3.14 bits per heavy atom. The van der Waals surface area contributed by atoms with Crippen LogP contribution in [0.15, 0.2) is 29.4 Å². The molecule has 3 heterocycles. The highest BCUT2D eigenvalue weighted by atomic mass is 127. The van der Waals surface area contributed by atoms with E-state index in [1.807, 2.05) is 18.3 Å². The number of H-pyrrole nitrogens is 1. The number of nitrogens with two attached hydrogens (primary N) is 1. The third kappa shape index (κ3) is 3.87. The van der Waals surface area contributed by atoms with E-state index in [9.17, 15) is 0 Å². The lowest BCUT2D eigenvalue weighted by Crippen LogP contribution is -2.43. The van der Waals surface area contributed by atoms with Crippen LogP contribution in [0.4, 0.5) is 0 Å². The second-order valence-corrected chi connectivity index (χ2v) is 5.59. The summed E-state index contributed by atoms with van der Waals surface area (Å²) in [7, 11) is 0. The van der Waals surface area contributed by atoms with Gasteiger partial charge in [0.05, 0.1) is 12.2 Å². The molecule has 1 atom stereocenters. The van der Waals surface area contributed by atoms with Gasteiger partial charge in [0.25, 0.3) is 0 Å². The molecule has 1 saturated heterocycles. The molecule has 0 saturated carbocycles. The molecule has 0 bridgehead atoms. The normalized spacial score (nSPS) is 19.6. The Hall–Kier alpha value is -1.31. The monoisotopic (exact) mass is 399 g/mol. The molecule has 5 nitrogen and oxygen atoms in total. The SMILES string of the molecule is CC1CCCN(C(N)=NCc2ccc3cc[nH]c3n2)C1.I. The molecule has 0 spiro atoms. The summed E-state index contributed by atoms with van der Waals surface area (Å²) in [5, 5.41) is 1.12. The highest BCUT2D eigenvalue weighted by Gasteiger charge is 2.17. The van der Waals surface area contributed by atoms with Crippen LogP contribution >= 0.6 is 24.0 Å². The predicted octanol–water partition coefficient (Wildman–Crippen LogP) is 2.73. The molecule has 21 heavy (non-hydrogen) atoms. The van der Waals surface area contributed by atoms with Crippen LogP contribution in [0.25, 0.3) is 11.0 Å². The predicted molar refractivity (Wildman–Crippen MR) is 96.8 cm³/mol. The Kier molecular flexibility index (Phi) is 5.44. The number of rotatable bonds is 2. The van der Waals surface area contributed by atoms with Crippen molar-refractivity contribution in [1.29, 1.82) is 0 Å². The van der Waals surface area contributed by atoms with Crippen molar-refractivity contribution in [3.8, 4) is 0 Å². The van der Waals surface area contributed by atoms with E-state index in [4.69, 9.17) is 5.73 Å². The molecule has 2 aromatic heterocycles. The summed E-state index contributed by atoms with van der Waals surface area (Å²) < 4.78 is 0. The zero-order valence-corrected chi connectivity index (χ0v) is 14.6. The molecule has 0 radical (unpaired) electrons. The van der Waals surface area contributed by atoms with Gasteiger partial charge >= 0.3 is 0 Å². The number of aromatic amines is 1. The molecule has 1 aliphatic rings. The van der Waals surface area contributed by atoms with Crippen molar-refractivity contribution in [2.75, 3.05) is 13.1 Å². The van der Waals surface area contributed by atoms with Gasteiger partial charge in [0, 0.05) is 24.7 Å². The number of pyridine rings is 1. The van der Waals surface area contributed by atoms with Crippen LogP contribution < -0.4 is 5.73 Å². The lowest BCUT2D eigenvalue weighted by atomic mass is 10.0. The molecular weight excluding hydrogens is 377 g/mol. The number of halogens is 1. The number of fused-ring (bicyclic) bond motifs is 1. The van der Waals surface area contributed by atoms with Crippen molar-refractivity contribution in [2.45, 2.75) is 26.3 Å². The first-order chi connectivity index (χ1) is 9.72. The average Bonchev–Trinajstić information content (AvgIpc) is 2.92. The smallest absolute Gasteiger partial charge is 0.191 e. The van der Waals surface area contributed by atoms with Crippen LogP contribution in [0.2, 0.25) is 0 Å². The first-order valence-electron chi connectivity index (χ1n) is 7.20. The Morgan fingerprint density at radius 1 is 1.48 bits per heavy atom. The van der Waals surface area contributed by atoms with Gasteiger partial charge in [-0.05, 0) is 37.0 Å². The van der Waals surface area contributed by atoms with Crippen molar-refractivity contribution in [3.05, 3.63) is 30.1 Å². The number of hydrogen-bond donors (Lipinski definition) is 2. The minimum Gasteiger partial charge on any atom is -0.370 e. The fourth-order valence-corrected chi connectivity index (χ4v) is 2.72. The molecule has 1 aliphatic heterocycles. The molecule has 3 rings (SSSR count). The highest BCUT2D eigenvalue weighted by molar-refractivity contribution is 14.0. The first-order valence-corrected chi connectivity index (χ1v) is 7.20. The van der Waals surface area contributed by atoms with Crippen LogP contribution in [0.5, 0.6) is 0 Å². The standard InChI is InChI=1S/C15H21N5.HI/c1-11-3-2-8-20(10-11)15(16)18-9-13-5-4-12-6-7-17-14(12)19-13;/h4-7,11H,2-3,8-10H2,1H3,(H2,16,18)(H,17,19);1H. The van der Waals surface area contributed by atoms with E-state index in [0.717, 1.165) is 29.8 Å². The number of nitrogens with zero attached hydrogens (tertiary/aromatic N) is 3. The topological polar surface area (TPSA) is 70.3 Å². The Morgan fingerprint density at radius 2 is 2.33 bits per heavy atom. The van der Waals surface area contributed by atoms with Gasteiger partial charge in [0.1, 0.15) is 5.65 Å². The van der Waals surface area contributed by atoms with Crippen LogP contribution in [0.1, 0.15) is 25.5 Å². The molecule has 114 valence electrons. The summed E-state index contributed by atoms with van der Waals surface area (Å²) in [6, 6.07) is 6.08. The maximum absolute atomic E-state index is 6.09. The summed E-state index contributed by atoms with van der Waals surface area (Å²) in [5.74, 6) is 1.34. The third-order valence-corrected chi connectivity index (χ3v) is 3.85. The van der Waals surface area contributed by atoms with Gasteiger partial charge in [0.2, 0.25) is 0 Å². The third-order valence-electron chi connectivity index (χ3n) is 3.85. The maximum Gasteiger partial charge on any atom is 0.191 e. The number of likely N-dealkylation sites (tertiary alicyclic amines) is 1. The fraction of sp³-hybridized carbons (Fsp3) is 0.467. The van der Waals surface area contributed by atoms with Crippen molar-refractivity contribution >= 4 is 41.0 Å². The van der Waals surface area contributed by atoms with Crippen LogP contribution in [0, 0.1) is 5.92 Å². The minimum atomic E-state index is 0. The summed E-state index contributed by atoms with van der Waals surface area (Å²) in [6.07, 6.45) is 4.38. The second-order valence-electron chi connectivity index (χ2n) is 5.59. The Balaban J connectivity index is 0.00000161. The molecule has 6 heteroatoms. The number of nitrogens with one attached hydrogen (secondary N) is 1. The zero-order chi connectivity index (χ0) is 13.9. The number of guanidine groups is 1. The molecule has 0 aliphatic carbocycles. The van der Waals surface area contributed by atoms with Crippen LogP contribution in [-0.2, 0) is 6.54 Å². The molecule has 1 fully saturated rings. The van der Waals surface area contributed by atoms with Crippen LogP contribution in [0.3, 0.4) is 0 Å². The van der Waals surface area contributed by atoms with E-state index in [1.54, 1.807) is 0 Å². The number of piperidine rings is 1. The molecule has 0 amide bonds. The molecule has 0 aromatic carbocycles. The van der Waals surface area contributed by atoms with E-state index in [1.165, 1.54) is 12.8 Å². The molecule has 3 N–H and O–H groups in total. The lowest BCUT2D eigenvalue weighted by Gasteiger charge is -2.31. The van der Waals surface area contributed by atoms with E-state index >= 15 is 0 Å². The van der Waals surface area contributed by atoms with E-state index in [-0.39, 0.29) is 24.0 Å². The van der Waals surface area contributed by atoms with Gasteiger partial charge in [-0.15, -0.1) is 24.0 Å². The van der Waals surface area contributed by atoms with Gasteiger partial charge < -0.3 is 15.6 Å². The molecule has 1 unspecified atom stereocenters. The number of hydrogen-bond acceptors (Lipinski definition) is 2. The van der Waals surface area contributed by atoms with E-state index < -0.39 is 0 Å². The number of aliphatic imine (C=N–C) groups is 1. The van der Waals surface area contributed by atoms with Gasteiger partial charge in [0.15, 0.2) is 5.96 Å². The minimum absolute atomic E-state index is 0. The Labute approximate surface area is 142 Å². The van der Waals surface area contributed by atoms with Gasteiger partial charge in [-0.2, -0.15) is 0 Å². The first kappa shape index (κ1) is 16.1. The fourth-order valence-electron chi connectivity index (χ4n) is 2.72. The molecular formula is C15H22IN5. The second kappa shape index (κ2) is 7.11. The molecule has 2 aromatic rings. The maximum atomic E-state index is 6.09. The quantitative estimate of drug-likeness (QED) is 0.464. The lowest BCUT2D eigenvalue weighted by molar-refractivity contribution is 0.270. The highest BCUT2D eigenvalue weighted by Crippen LogP contribution is 2.15. The summed E-state index contributed by atoms with van der Waals surface area (Å²) in [5.41, 5.74) is 7.93.